The van der Waals surface area contributed by atoms with Crippen LogP contribution < -0.4 is 5.32 Å². The SMILES string of the molecule is CCCNc1c(C(=O)O)csc1CC. The van der Waals surface area contributed by atoms with Crippen molar-refractivity contribution >= 4 is 23.0 Å². The summed E-state index contributed by atoms with van der Waals surface area (Å²) in [4.78, 5) is 12.0. The lowest BCUT2D eigenvalue weighted by Crippen LogP contribution is -2.06. The van der Waals surface area contributed by atoms with Gasteiger partial charge in [0, 0.05) is 16.8 Å². The van der Waals surface area contributed by atoms with E-state index in [2.05, 4.69) is 12.2 Å². The van der Waals surface area contributed by atoms with Crippen molar-refractivity contribution in [3.05, 3.63) is 15.8 Å². The van der Waals surface area contributed by atoms with Gasteiger partial charge in [0.15, 0.2) is 0 Å². The summed E-state index contributed by atoms with van der Waals surface area (Å²) in [5.41, 5.74) is 1.21. The first-order valence-corrected chi connectivity index (χ1v) is 5.66. The predicted molar refractivity (Wildman–Crippen MR) is 59.4 cm³/mol. The maximum Gasteiger partial charge on any atom is 0.338 e. The van der Waals surface area contributed by atoms with Gasteiger partial charge in [0.1, 0.15) is 0 Å². The molecular weight excluding hydrogens is 198 g/mol. The molecule has 0 aromatic carbocycles. The zero-order valence-corrected chi connectivity index (χ0v) is 9.28. The van der Waals surface area contributed by atoms with Crippen LogP contribution in [0.4, 0.5) is 5.69 Å². The molecule has 0 saturated heterocycles. The summed E-state index contributed by atoms with van der Waals surface area (Å²) < 4.78 is 0. The minimum absolute atomic E-state index is 0.403. The molecule has 0 fully saturated rings. The molecule has 0 spiro atoms. The van der Waals surface area contributed by atoms with Crippen molar-refractivity contribution in [2.24, 2.45) is 0 Å². The number of anilines is 1. The predicted octanol–water partition coefficient (Wildman–Crippen LogP) is 2.83. The second-order valence-corrected chi connectivity index (χ2v) is 4.00. The summed E-state index contributed by atoms with van der Waals surface area (Å²) >= 11 is 1.51. The van der Waals surface area contributed by atoms with Crippen LogP contribution in [0.1, 0.15) is 35.5 Å². The van der Waals surface area contributed by atoms with Gasteiger partial charge in [-0.2, -0.15) is 0 Å². The van der Waals surface area contributed by atoms with Gasteiger partial charge in [0.05, 0.1) is 11.3 Å². The van der Waals surface area contributed by atoms with E-state index >= 15 is 0 Å². The summed E-state index contributed by atoms with van der Waals surface area (Å²) in [5.74, 6) is -0.848. The lowest BCUT2D eigenvalue weighted by molar-refractivity contribution is 0.0698. The lowest BCUT2D eigenvalue weighted by Gasteiger charge is -2.06. The fourth-order valence-electron chi connectivity index (χ4n) is 1.26. The number of carboxylic acid groups (broad SMARTS) is 1. The maximum absolute atomic E-state index is 10.9. The highest BCUT2D eigenvalue weighted by Gasteiger charge is 2.15. The molecule has 0 unspecified atom stereocenters. The summed E-state index contributed by atoms with van der Waals surface area (Å²) in [5, 5.41) is 13.8. The van der Waals surface area contributed by atoms with Gasteiger partial charge in [-0.1, -0.05) is 13.8 Å². The van der Waals surface area contributed by atoms with Gasteiger partial charge >= 0.3 is 5.97 Å². The van der Waals surface area contributed by atoms with Crippen molar-refractivity contribution in [2.75, 3.05) is 11.9 Å². The Bertz CT molecular complexity index is 320. The quantitative estimate of drug-likeness (QED) is 0.790. The maximum atomic E-state index is 10.9. The number of hydrogen-bond acceptors (Lipinski definition) is 3. The van der Waals surface area contributed by atoms with E-state index in [9.17, 15) is 4.79 Å². The van der Waals surface area contributed by atoms with E-state index in [1.807, 2.05) is 6.92 Å². The van der Waals surface area contributed by atoms with Crippen molar-refractivity contribution in [1.82, 2.24) is 0 Å². The molecule has 0 bridgehead atoms. The number of thiophene rings is 1. The van der Waals surface area contributed by atoms with Gasteiger partial charge < -0.3 is 10.4 Å². The lowest BCUT2D eigenvalue weighted by atomic mass is 10.2. The number of carboxylic acids is 1. The molecule has 2 N–H and O–H groups in total. The second-order valence-electron chi connectivity index (χ2n) is 3.03. The molecule has 3 nitrogen and oxygen atoms in total. The topological polar surface area (TPSA) is 49.3 Å². The van der Waals surface area contributed by atoms with Crippen LogP contribution in [0.15, 0.2) is 5.38 Å². The average Bonchev–Trinajstić information content (AvgIpc) is 2.57. The average molecular weight is 213 g/mol. The Labute approximate surface area is 87.8 Å². The first-order chi connectivity index (χ1) is 6.70. The van der Waals surface area contributed by atoms with Crippen LogP contribution in [0.3, 0.4) is 0 Å². The van der Waals surface area contributed by atoms with Crippen LogP contribution in [-0.2, 0) is 6.42 Å². The molecule has 0 amide bonds. The molecule has 1 rings (SSSR count). The zero-order chi connectivity index (χ0) is 10.6. The van der Waals surface area contributed by atoms with Gasteiger partial charge in [-0.25, -0.2) is 4.79 Å². The van der Waals surface area contributed by atoms with Gasteiger partial charge in [0.2, 0.25) is 0 Å². The third-order valence-electron chi connectivity index (χ3n) is 1.97. The molecule has 0 radical (unpaired) electrons. The van der Waals surface area contributed by atoms with Crippen molar-refractivity contribution in [3.8, 4) is 0 Å². The summed E-state index contributed by atoms with van der Waals surface area (Å²) in [6, 6.07) is 0. The third kappa shape index (κ3) is 2.26. The van der Waals surface area contributed by atoms with Crippen LogP contribution in [0, 0.1) is 0 Å². The Balaban J connectivity index is 2.93. The fraction of sp³-hybridized carbons (Fsp3) is 0.500. The highest BCUT2D eigenvalue weighted by atomic mass is 32.1. The molecule has 78 valence electrons. The van der Waals surface area contributed by atoms with E-state index < -0.39 is 5.97 Å². The molecule has 14 heavy (non-hydrogen) atoms. The van der Waals surface area contributed by atoms with Gasteiger partial charge in [-0.3, -0.25) is 0 Å². The molecule has 4 heteroatoms. The van der Waals surface area contributed by atoms with Crippen molar-refractivity contribution in [3.63, 3.8) is 0 Å². The van der Waals surface area contributed by atoms with Crippen LogP contribution in [-0.4, -0.2) is 17.6 Å². The first-order valence-electron chi connectivity index (χ1n) is 4.78. The minimum Gasteiger partial charge on any atom is -0.478 e. The summed E-state index contributed by atoms with van der Waals surface area (Å²) in [7, 11) is 0. The first kappa shape index (κ1) is 11.0. The van der Waals surface area contributed by atoms with Crippen LogP contribution in [0.5, 0.6) is 0 Å². The molecule has 0 aliphatic heterocycles. The van der Waals surface area contributed by atoms with Crippen molar-refractivity contribution < 1.29 is 9.90 Å². The Morgan fingerprint density at radius 1 is 1.57 bits per heavy atom. The molecule has 1 aromatic rings. The largest absolute Gasteiger partial charge is 0.478 e. The van der Waals surface area contributed by atoms with Crippen molar-refractivity contribution in [1.29, 1.82) is 0 Å². The summed E-state index contributed by atoms with van der Waals surface area (Å²) in [6.07, 6.45) is 1.88. The van der Waals surface area contributed by atoms with E-state index in [4.69, 9.17) is 5.11 Å². The summed E-state index contributed by atoms with van der Waals surface area (Å²) in [6.45, 7) is 4.92. The molecular formula is C10H15NO2S. The van der Waals surface area contributed by atoms with Crippen molar-refractivity contribution in [2.45, 2.75) is 26.7 Å². The van der Waals surface area contributed by atoms with E-state index in [1.54, 1.807) is 5.38 Å². The molecule has 1 aromatic heterocycles. The van der Waals surface area contributed by atoms with E-state index in [1.165, 1.54) is 11.3 Å². The van der Waals surface area contributed by atoms with E-state index in [0.717, 1.165) is 30.0 Å². The molecule has 0 aliphatic rings. The third-order valence-corrected chi connectivity index (χ3v) is 3.10. The molecule has 0 aliphatic carbocycles. The number of nitrogens with one attached hydrogen (secondary N) is 1. The number of rotatable bonds is 5. The highest BCUT2D eigenvalue weighted by Crippen LogP contribution is 2.28. The highest BCUT2D eigenvalue weighted by molar-refractivity contribution is 7.10. The number of hydrogen-bond donors (Lipinski definition) is 2. The molecule has 0 atom stereocenters. The van der Waals surface area contributed by atoms with Crippen LogP contribution in [0.25, 0.3) is 0 Å². The van der Waals surface area contributed by atoms with Gasteiger partial charge in [0.25, 0.3) is 0 Å². The fourth-order valence-corrected chi connectivity index (χ4v) is 2.20. The van der Waals surface area contributed by atoms with E-state index in [-0.39, 0.29) is 0 Å². The Morgan fingerprint density at radius 2 is 2.29 bits per heavy atom. The zero-order valence-electron chi connectivity index (χ0n) is 8.46. The monoisotopic (exact) mass is 213 g/mol. The number of aryl methyl sites for hydroxylation is 1. The molecule has 0 saturated carbocycles. The normalized spacial score (nSPS) is 10.1. The Hall–Kier alpha value is -1.03. The van der Waals surface area contributed by atoms with E-state index in [0.29, 0.717) is 5.56 Å². The number of aromatic carboxylic acids is 1. The standard InChI is InChI=1S/C10H15NO2S/c1-3-5-11-9-7(10(12)13)6-14-8(9)4-2/h6,11H,3-5H2,1-2H3,(H,12,13). The molecule has 1 heterocycles. The van der Waals surface area contributed by atoms with Gasteiger partial charge in [-0.05, 0) is 12.8 Å². The van der Waals surface area contributed by atoms with Gasteiger partial charge in [-0.15, -0.1) is 11.3 Å². The minimum atomic E-state index is -0.848. The second kappa shape index (κ2) is 5.00. The Kier molecular flexibility index (Phi) is 3.95. The Morgan fingerprint density at radius 3 is 2.79 bits per heavy atom. The number of carbonyl (C=O) groups is 1. The van der Waals surface area contributed by atoms with Crippen LogP contribution >= 0.6 is 11.3 Å². The van der Waals surface area contributed by atoms with Crippen LogP contribution in [0.2, 0.25) is 0 Å². The smallest absolute Gasteiger partial charge is 0.338 e.